The number of methoxy groups -OCH3 is 1. The van der Waals surface area contributed by atoms with Crippen LogP contribution in [0.15, 0.2) is 48.7 Å². The molecule has 0 atom stereocenters. The van der Waals surface area contributed by atoms with Gasteiger partial charge < -0.3 is 9.84 Å². The number of aromatic nitrogens is 2. The van der Waals surface area contributed by atoms with Gasteiger partial charge in [-0.15, -0.1) is 0 Å². The number of carbonyl (C=O) groups is 2. The zero-order valence-corrected chi connectivity index (χ0v) is 11.7. The molecule has 0 spiro atoms. The van der Waals surface area contributed by atoms with E-state index in [0.29, 0.717) is 11.2 Å². The molecule has 110 valence electrons. The minimum atomic E-state index is -1.14. The molecular weight excluding hydrogens is 284 g/mol. The van der Waals surface area contributed by atoms with Crippen molar-refractivity contribution in [3.05, 3.63) is 54.2 Å². The molecule has 2 heterocycles. The molecule has 0 unspecified atom stereocenters. The predicted molar refractivity (Wildman–Crippen MR) is 79.9 cm³/mol. The second-order valence-corrected chi connectivity index (χ2v) is 4.60. The Hall–Kier alpha value is -3.15. The average Bonchev–Trinajstić information content (AvgIpc) is 2.93. The summed E-state index contributed by atoms with van der Waals surface area (Å²) in [5.41, 5.74) is 1.35. The maximum atomic E-state index is 11.9. The minimum absolute atomic E-state index is 0.218. The molecule has 0 aliphatic carbocycles. The van der Waals surface area contributed by atoms with E-state index in [4.69, 9.17) is 4.74 Å². The Morgan fingerprint density at radius 3 is 2.68 bits per heavy atom. The number of pyridine rings is 1. The van der Waals surface area contributed by atoms with Gasteiger partial charge in [0.1, 0.15) is 5.69 Å². The Labute approximate surface area is 125 Å². The number of carboxylic acid groups (broad SMARTS) is 1. The van der Waals surface area contributed by atoms with Gasteiger partial charge in [-0.05, 0) is 24.3 Å². The molecule has 0 fully saturated rings. The molecule has 6 heteroatoms. The van der Waals surface area contributed by atoms with Crippen LogP contribution in [-0.2, 0) is 4.74 Å². The maximum Gasteiger partial charge on any atom is 0.416 e. The van der Waals surface area contributed by atoms with Crippen molar-refractivity contribution in [3.8, 4) is 11.4 Å². The van der Waals surface area contributed by atoms with Crippen molar-refractivity contribution < 1.29 is 19.4 Å². The van der Waals surface area contributed by atoms with Crippen LogP contribution in [0.1, 0.15) is 10.4 Å². The highest BCUT2D eigenvalue weighted by molar-refractivity contribution is 6.00. The van der Waals surface area contributed by atoms with E-state index >= 15 is 0 Å². The summed E-state index contributed by atoms with van der Waals surface area (Å²) in [7, 11) is 1.27. The number of hydrogen-bond acceptors (Lipinski definition) is 4. The van der Waals surface area contributed by atoms with Crippen LogP contribution in [-0.4, -0.2) is 33.8 Å². The highest BCUT2D eigenvalue weighted by atomic mass is 16.5. The lowest BCUT2D eigenvalue weighted by molar-refractivity contribution is 0.0601. The number of hydrogen-bond donors (Lipinski definition) is 1. The monoisotopic (exact) mass is 296 g/mol. The van der Waals surface area contributed by atoms with Crippen LogP contribution in [0, 0.1) is 0 Å². The molecule has 1 aromatic carbocycles. The maximum absolute atomic E-state index is 11.9. The zero-order valence-electron chi connectivity index (χ0n) is 11.7. The number of rotatable bonds is 2. The summed E-state index contributed by atoms with van der Waals surface area (Å²) in [6.45, 7) is 0. The SMILES string of the molecule is COC(=O)c1cccnc1-c1cc2ccccc2n1C(=O)O. The topological polar surface area (TPSA) is 81.4 Å². The van der Waals surface area contributed by atoms with Crippen LogP contribution in [0.25, 0.3) is 22.3 Å². The van der Waals surface area contributed by atoms with E-state index < -0.39 is 12.1 Å². The number of ether oxygens (including phenoxy) is 1. The minimum Gasteiger partial charge on any atom is -0.465 e. The molecule has 22 heavy (non-hydrogen) atoms. The second-order valence-electron chi connectivity index (χ2n) is 4.60. The van der Waals surface area contributed by atoms with Gasteiger partial charge in [0.2, 0.25) is 0 Å². The van der Waals surface area contributed by atoms with E-state index in [0.717, 1.165) is 9.95 Å². The third kappa shape index (κ3) is 2.10. The average molecular weight is 296 g/mol. The second kappa shape index (κ2) is 5.33. The molecule has 2 aromatic heterocycles. The number of esters is 1. The first kappa shape index (κ1) is 13.8. The van der Waals surface area contributed by atoms with Crippen molar-refractivity contribution in [2.45, 2.75) is 0 Å². The molecule has 6 nitrogen and oxygen atoms in total. The fourth-order valence-electron chi connectivity index (χ4n) is 2.42. The molecule has 0 bridgehead atoms. The molecule has 0 amide bonds. The molecule has 0 radical (unpaired) electrons. The van der Waals surface area contributed by atoms with Gasteiger partial charge in [-0.2, -0.15) is 0 Å². The lowest BCUT2D eigenvalue weighted by atomic mass is 10.1. The van der Waals surface area contributed by atoms with Crippen LogP contribution in [0.4, 0.5) is 4.79 Å². The Kier molecular flexibility index (Phi) is 3.34. The largest absolute Gasteiger partial charge is 0.465 e. The quantitative estimate of drug-likeness (QED) is 0.735. The molecule has 3 rings (SSSR count). The lowest BCUT2D eigenvalue weighted by Gasteiger charge is -2.08. The van der Waals surface area contributed by atoms with E-state index in [1.807, 2.05) is 6.07 Å². The summed E-state index contributed by atoms with van der Waals surface area (Å²) < 4.78 is 5.85. The normalized spacial score (nSPS) is 10.6. The van der Waals surface area contributed by atoms with Gasteiger partial charge in [0.05, 0.1) is 23.9 Å². The van der Waals surface area contributed by atoms with E-state index in [2.05, 4.69) is 4.98 Å². The van der Waals surface area contributed by atoms with Crippen LogP contribution >= 0.6 is 0 Å². The third-order valence-electron chi connectivity index (χ3n) is 3.36. The fraction of sp³-hybridized carbons (Fsp3) is 0.0625. The first-order valence-corrected chi connectivity index (χ1v) is 6.51. The summed E-state index contributed by atoms with van der Waals surface area (Å²) in [6.07, 6.45) is 0.365. The molecule has 3 aromatic rings. The van der Waals surface area contributed by atoms with Crippen molar-refractivity contribution in [2.75, 3.05) is 7.11 Å². The Morgan fingerprint density at radius 2 is 1.95 bits per heavy atom. The first-order valence-electron chi connectivity index (χ1n) is 6.51. The zero-order chi connectivity index (χ0) is 15.7. The summed E-state index contributed by atoms with van der Waals surface area (Å²) in [6, 6.07) is 11.9. The highest BCUT2D eigenvalue weighted by Gasteiger charge is 2.21. The Balaban J connectivity index is 2.34. The van der Waals surface area contributed by atoms with Gasteiger partial charge in [0, 0.05) is 11.6 Å². The number of benzene rings is 1. The summed E-state index contributed by atoms with van der Waals surface area (Å²) in [4.78, 5) is 27.7. The van der Waals surface area contributed by atoms with Crippen LogP contribution in [0.5, 0.6) is 0 Å². The molecule has 1 N–H and O–H groups in total. The Bertz CT molecular complexity index is 883. The molecule has 0 aliphatic rings. The standard InChI is InChI=1S/C16H12N2O4/c1-22-15(19)11-6-4-8-17-14(11)13-9-10-5-2-3-7-12(10)18(13)16(20)21/h2-9H,1H3,(H,20,21). The van der Waals surface area contributed by atoms with Crippen molar-refractivity contribution in [1.82, 2.24) is 9.55 Å². The fourth-order valence-corrected chi connectivity index (χ4v) is 2.42. The van der Waals surface area contributed by atoms with Gasteiger partial charge in [-0.3, -0.25) is 4.98 Å². The summed E-state index contributed by atoms with van der Waals surface area (Å²) in [5.74, 6) is -0.565. The molecule has 0 saturated heterocycles. The van der Waals surface area contributed by atoms with Gasteiger partial charge in [0.25, 0.3) is 0 Å². The lowest BCUT2D eigenvalue weighted by Crippen LogP contribution is -2.12. The van der Waals surface area contributed by atoms with E-state index in [9.17, 15) is 14.7 Å². The van der Waals surface area contributed by atoms with Crippen LogP contribution in [0.2, 0.25) is 0 Å². The van der Waals surface area contributed by atoms with E-state index in [1.165, 1.54) is 13.3 Å². The van der Waals surface area contributed by atoms with Gasteiger partial charge in [-0.1, -0.05) is 18.2 Å². The Morgan fingerprint density at radius 1 is 1.18 bits per heavy atom. The van der Waals surface area contributed by atoms with Crippen molar-refractivity contribution in [1.29, 1.82) is 0 Å². The van der Waals surface area contributed by atoms with E-state index in [1.54, 1.807) is 36.4 Å². The van der Waals surface area contributed by atoms with Gasteiger partial charge >= 0.3 is 12.1 Å². The highest BCUT2D eigenvalue weighted by Crippen LogP contribution is 2.29. The smallest absolute Gasteiger partial charge is 0.416 e. The van der Waals surface area contributed by atoms with Crippen molar-refractivity contribution in [2.24, 2.45) is 0 Å². The molecular formula is C16H12N2O4. The summed E-state index contributed by atoms with van der Waals surface area (Å²) in [5, 5.41) is 10.3. The number of para-hydroxylation sites is 1. The number of fused-ring (bicyclic) bond motifs is 1. The van der Waals surface area contributed by atoms with Crippen molar-refractivity contribution >= 4 is 23.0 Å². The van der Waals surface area contributed by atoms with Crippen LogP contribution < -0.4 is 0 Å². The van der Waals surface area contributed by atoms with Gasteiger partial charge in [0.15, 0.2) is 0 Å². The number of nitrogens with zero attached hydrogens (tertiary/aromatic N) is 2. The predicted octanol–water partition coefficient (Wildman–Crippen LogP) is 3.02. The first-order chi connectivity index (χ1) is 10.6. The van der Waals surface area contributed by atoms with Crippen LogP contribution in [0.3, 0.4) is 0 Å². The van der Waals surface area contributed by atoms with Crippen molar-refractivity contribution in [3.63, 3.8) is 0 Å². The number of carbonyl (C=O) groups excluding carboxylic acids is 1. The molecule has 0 saturated carbocycles. The van der Waals surface area contributed by atoms with Gasteiger partial charge in [-0.25, -0.2) is 14.2 Å². The third-order valence-corrected chi connectivity index (χ3v) is 3.36. The summed E-state index contributed by atoms with van der Waals surface area (Å²) >= 11 is 0. The molecule has 0 aliphatic heterocycles. The van der Waals surface area contributed by atoms with E-state index in [-0.39, 0.29) is 11.3 Å².